The average molecular weight is 195 g/mol. The zero-order valence-electron chi connectivity index (χ0n) is 8.30. The number of hydrogen-bond acceptors (Lipinski definition) is 3. The Morgan fingerprint density at radius 1 is 1.31 bits per heavy atom. The number of rotatable bonds is 1. The summed E-state index contributed by atoms with van der Waals surface area (Å²) >= 11 is 1.74. The molecule has 0 aliphatic heterocycles. The van der Waals surface area contributed by atoms with Crippen molar-refractivity contribution in [2.45, 2.75) is 20.8 Å². The van der Waals surface area contributed by atoms with Gasteiger partial charge in [0.2, 0.25) is 0 Å². The molecule has 2 aromatic heterocycles. The monoisotopic (exact) mass is 195 g/mol. The van der Waals surface area contributed by atoms with Gasteiger partial charge in [-0.2, -0.15) is 0 Å². The van der Waals surface area contributed by atoms with Crippen molar-refractivity contribution >= 4 is 22.1 Å². The summed E-state index contributed by atoms with van der Waals surface area (Å²) in [5.74, 6) is 1.11. The van der Waals surface area contributed by atoms with E-state index < -0.39 is 0 Å². The molecule has 3 nitrogen and oxygen atoms in total. The Hall–Kier alpha value is -1.03. The van der Waals surface area contributed by atoms with Gasteiger partial charge in [0, 0.05) is 17.6 Å². The van der Waals surface area contributed by atoms with Gasteiger partial charge in [0.25, 0.3) is 0 Å². The summed E-state index contributed by atoms with van der Waals surface area (Å²) in [6.07, 6.45) is 0. The number of nitrogens with one attached hydrogen (secondary N) is 1. The summed E-state index contributed by atoms with van der Waals surface area (Å²) in [6, 6.07) is 0. The van der Waals surface area contributed by atoms with E-state index in [2.05, 4.69) is 28.5 Å². The molecule has 0 radical (unpaired) electrons. The second kappa shape index (κ2) is 2.73. The lowest BCUT2D eigenvalue weighted by Crippen LogP contribution is -1.96. The molecule has 4 heteroatoms. The van der Waals surface area contributed by atoms with Crippen LogP contribution in [0.25, 0.3) is 4.96 Å². The van der Waals surface area contributed by atoms with Crippen LogP contribution in [0.3, 0.4) is 0 Å². The maximum Gasteiger partial charge on any atom is 0.196 e. The summed E-state index contributed by atoms with van der Waals surface area (Å²) in [4.78, 5) is 6.90. The third kappa shape index (κ3) is 1.05. The van der Waals surface area contributed by atoms with E-state index in [4.69, 9.17) is 0 Å². The van der Waals surface area contributed by atoms with Gasteiger partial charge in [-0.05, 0) is 20.8 Å². The van der Waals surface area contributed by atoms with Crippen molar-refractivity contribution < 1.29 is 0 Å². The second-order valence-corrected chi connectivity index (χ2v) is 4.34. The normalized spacial score (nSPS) is 11.1. The molecule has 0 saturated carbocycles. The highest BCUT2D eigenvalue weighted by molar-refractivity contribution is 7.17. The summed E-state index contributed by atoms with van der Waals surface area (Å²) in [7, 11) is 1.93. The van der Waals surface area contributed by atoms with Gasteiger partial charge < -0.3 is 5.32 Å². The zero-order chi connectivity index (χ0) is 9.59. The van der Waals surface area contributed by atoms with Crippen LogP contribution in [0.5, 0.6) is 0 Å². The van der Waals surface area contributed by atoms with Crippen LogP contribution < -0.4 is 5.32 Å². The minimum absolute atomic E-state index is 1.07. The van der Waals surface area contributed by atoms with Gasteiger partial charge in [-0.15, -0.1) is 11.3 Å². The first kappa shape index (κ1) is 8.56. The summed E-state index contributed by atoms with van der Waals surface area (Å²) in [6.45, 7) is 6.28. The number of anilines is 1. The van der Waals surface area contributed by atoms with E-state index in [0.717, 1.165) is 16.5 Å². The van der Waals surface area contributed by atoms with E-state index in [-0.39, 0.29) is 0 Å². The van der Waals surface area contributed by atoms with E-state index in [0.29, 0.717) is 0 Å². The Labute approximate surface area is 81.4 Å². The molecule has 1 N–H and O–H groups in total. The quantitative estimate of drug-likeness (QED) is 0.757. The number of thiazole rings is 1. The smallest absolute Gasteiger partial charge is 0.196 e. The van der Waals surface area contributed by atoms with Gasteiger partial charge in [0.15, 0.2) is 4.96 Å². The number of imidazole rings is 1. The molecule has 2 aromatic rings. The van der Waals surface area contributed by atoms with E-state index in [1.807, 2.05) is 14.0 Å². The van der Waals surface area contributed by atoms with Crippen LogP contribution >= 0.6 is 11.3 Å². The van der Waals surface area contributed by atoms with Gasteiger partial charge in [0.05, 0.1) is 5.69 Å². The first-order chi connectivity index (χ1) is 6.15. The minimum Gasteiger partial charge on any atom is -0.373 e. The maximum absolute atomic E-state index is 4.48. The van der Waals surface area contributed by atoms with Crippen LogP contribution in [0.4, 0.5) is 5.82 Å². The molecule has 0 bridgehead atoms. The Kier molecular flexibility index (Phi) is 1.80. The number of aromatic nitrogens is 2. The molecular formula is C9H13N3S. The number of fused-ring (bicyclic) bond motifs is 1. The highest BCUT2D eigenvalue weighted by atomic mass is 32.1. The van der Waals surface area contributed by atoms with Crippen LogP contribution in [0.1, 0.15) is 16.3 Å². The molecule has 0 amide bonds. The van der Waals surface area contributed by atoms with Crippen LogP contribution in [0.2, 0.25) is 0 Å². The third-order valence-corrected chi connectivity index (χ3v) is 3.41. The van der Waals surface area contributed by atoms with Crippen LogP contribution in [-0.4, -0.2) is 16.4 Å². The average Bonchev–Trinajstić information content (AvgIpc) is 2.51. The third-order valence-electron chi connectivity index (χ3n) is 2.35. The Bertz CT molecular complexity index is 453. The van der Waals surface area contributed by atoms with Crippen LogP contribution in [-0.2, 0) is 0 Å². The predicted octanol–water partition coefficient (Wildman–Crippen LogP) is 2.36. The SMILES string of the molecule is CNc1c(C)nc2sc(C)c(C)n12. The fraction of sp³-hybridized carbons (Fsp3) is 0.444. The first-order valence-electron chi connectivity index (χ1n) is 4.28. The molecule has 70 valence electrons. The van der Waals surface area contributed by atoms with E-state index >= 15 is 0 Å². The summed E-state index contributed by atoms with van der Waals surface area (Å²) in [5.41, 5.74) is 2.35. The van der Waals surface area contributed by atoms with E-state index in [9.17, 15) is 0 Å². The lowest BCUT2D eigenvalue weighted by Gasteiger charge is -2.00. The topological polar surface area (TPSA) is 29.3 Å². The van der Waals surface area contributed by atoms with Crippen LogP contribution in [0, 0.1) is 20.8 Å². The fourth-order valence-electron chi connectivity index (χ4n) is 1.54. The summed E-state index contributed by atoms with van der Waals surface area (Å²) in [5, 5.41) is 3.18. The standard InChI is InChI=1S/C9H13N3S/c1-5-8(10-4)12-6(2)7(3)13-9(12)11-5/h10H,1-4H3. The summed E-state index contributed by atoms with van der Waals surface area (Å²) < 4.78 is 2.18. The van der Waals surface area contributed by atoms with Gasteiger partial charge in [-0.3, -0.25) is 4.40 Å². The lowest BCUT2D eigenvalue weighted by molar-refractivity contribution is 1.10. The molecule has 0 aliphatic rings. The highest BCUT2D eigenvalue weighted by Gasteiger charge is 2.12. The molecular weight excluding hydrogens is 182 g/mol. The van der Waals surface area contributed by atoms with Crippen molar-refractivity contribution in [3.63, 3.8) is 0 Å². The molecule has 0 spiro atoms. The van der Waals surface area contributed by atoms with Gasteiger partial charge in [0.1, 0.15) is 5.82 Å². The van der Waals surface area contributed by atoms with Gasteiger partial charge in [-0.1, -0.05) is 0 Å². The molecule has 0 unspecified atom stereocenters. The Morgan fingerprint density at radius 2 is 2.00 bits per heavy atom. The van der Waals surface area contributed by atoms with Crippen molar-refractivity contribution in [3.8, 4) is 0 Å². The fourth-order valence-corrected chi connectivity index (χ4v) is 2.56. The van der Waals surface area contributed by atoms with Crippen molar-refractivity contribution in [2.75, 3.05) is 12.4 Å². The van der Waals surface area contributed by atoms with Crippen molar-refractivity contribution in [1.82, 2.24) is 9.38 Å². The Morgan fingerprint density at radius 3 is 2.62 bits per heavy atom. The molecule has 2 heterocycles. The Balaban J connectivity index is 2.86. The molecule has 0 saturated heterocycles. The van der Waals surface area contributed by atoms with Crippen molar-refractivity contribution in [2.24, 2.45) is 0 Å². The molecule has 0 atom stereocenters. The van der Waals surface area contributed by atoms with Gasteiger partial charge >= 0.3 is 0 Å². The van der Waals surface area contributed by atoms with Crippen molar-refractivity contribution in [3.05, 3.63) is 16.3 Å². The zero-order valence-corrected chi connectivity index (χ0v) is 9.12. The van der Waals surface area contributed by atoms with Crippen LogP contribution in [0.15, 0.2) is 0 Å². The predicted molar refractivity (Wildman–Crippen MR) is 56.8 cm³/mol. The number of aryl methyl sites for hydroxylation is 3. The maximum atomic E-state index is 4.48. The molecule has 0 aromatic carbocycles. The lowest BCUT2D eigenvalue weighted by atomic mass is 10.4. The number of hydrogen-bond donors (Lipinski definition) is 1. The molecule has 2 rings (SSSR count). The van der Waals surface area contributed by atoms with E-state index in [1.165, 1.54) is 10.6 Å². The molecule has 0 aliphatic carbocycles. The largest absolute Gasteiger partial charge is 0.373 e. The first-order valence-corrected chi connectivity index (χ1v) is 5.09. The highest BCUT2D eigenvalue weighted by Crippen LogP contribution is 2.27. The van der Waals surface area contributed by atoms with Gasteiger partial charge in [-0.25, -0.2) is 4.98 Å². The molecule has 13 heavy (non-hydrogen) atoms. The second-order valence-electron chi connectivity index (χ2n) is 3.16. The molecule has 0 fully saturated rings. The minimum atomic E-state index is 1.07. The number of nitrogens with zero attached hydrogens (tertiary/aromatic N) is 2. The van der Waals surface area contributed by atoms with E-state index in [1.54, 1.807) is 11.3 Å². The van der Waals surface area contributed by atoms with Crippen molar-refractivity contribution in [1.29, 1.82) is 0 Å².